The summed E-state index contributed by atoms with van der Waals surface area (Å²) >= 11 is 3.02. The van der Waals surface area contributed by atoms with Crippen LogP contribution in [-0.2, 0) is 13.0 Å². The van der Waals surface area contributed by atoms with Crippen molar-refractivity contribution in [2.24, 2.45) is 0 Å². The van der Waals surface area contributed by atoms with Gasteiger partial charge in [0.2, 0.25) is 0 Å². The van der Waals surface area contributed by atoms with Gasteiger partial charge in [0, 0.05) is 18.3 Å². The molecule has 106 valence electrons. The summed E-state index contributed by atoms with van der Waals surface area (Å²) in [6.45, 7) is 1.79. The van der Waals surface area contributed by atoms with Crippen LogP contribution in [-0.4, -0.2) is 14.7 Å². The Morgan fingerprint density at radius 3 is 2.80 bits per heavy atom. The number of hydrogen-bond acceptors (Lipinski definition) is 3. The first-order valence-corrected chi connectivity index (χ1v) is 6.65. The van der Waals surface area contributed by atoms with Gasteiger partial charge in [0.1, 0.15) is 0 Å². The van der Waals surface area contributed by atoms with Gasteiger partial charge in [0.25, 0.3) is 5.56 Å². The number of aromatic amines is 1. The minimum atomic E-state index is -0.714. The Kier molecular flexibility index (Phi) is 4.08. The predicted molar refractivity (Wildman–Crippen MR) is 75.5 cm³/mol. The maximum atomic E-state index is 13.8. The van der Waals surface area contributed by atoms with E-state index in [1.807, 2.05) is 0 Å². The van der Waals surface area contributed by atoms with Crippen LogP contribution in [0, 0.1) is 12.7 Å². The monoisotopic (exact) mass is 342 g/mol. The second-order valence-corrected chi connectivity index (χ2v) is 5.24. The highest BCUT2D eigenvalue weighted by Crippen LogP contribution is 2.29. The highest BCUT2D eigenvalue weighted by molar-refractivity contribution is 9.10. The normalized spacial score (nSPS) is 10.8. The summed E-state index contributed by atoms with van der Waals surface area (Å²) < 4.78 is 15.4. The van der Waals surface area contributed by atoms with E-state index in [1.54, 1.807) is 6.92 Å². The molecule has 0 spiro atoms. The topological polar surface area (TPSA) is 75.1 Å². The second kappa shape index (κ2) is 5.62. The van der Waals surface area contributed by atoms with E-state index in [2.05, 4.69) is 20.9 Å². The van der Waals surface area contributed by atoms with Gasteiger partial charge in [-0.1, -0.05) is 6.07 Å². The number of aryl methyl sites for hydroxylation is 3. The fourth-order valence-electron chi connectivity index (χ4n) is 1.80. The Balaban J connectivity index is 2.26. The van der Waals surface area contributed by atoms with E-state index in [9.17, 15) is 19.1 Å². The molecule has 2 aromatic rings. The van der Waals surface area contributed by atoms with E-state index in [1.165, 1.54) is 22.9 Å². The first kappa shape index (κ1) is 14.5. The third-order valence-electron chi connectivity index (χ3n) is 2.96. The van der Waals surface area contributed by atoms with Crippen LogP contribution in [0.25, 0.3) is 0 Å². The largest absolute Gasteiger partial charge is 0.504 e. The number of H-pyrrole nitrogens is 1. The quantitative estimate of drug-likeness (QED) is 0.891. The minimum absolute atomic E-state index is 0.203. The highest BCUT2D eigenvalue weighted by atomic mass is 79.9. The Morgan fingerprint density at radius 1 is 1.40 bits per heavy atom. The van der Waals surface area contributed by atoms with E-state index in [-0.39, 0.29) is 17.4 Å². The maximum absolute atomic E-state index is 13.8. The van der Waals surface area contributed by atoms with Crippen LogP contribution >= 0.6 is 15.9 Å². The molecule has 0 aliphatic rings. The van der Waals surface area contributed by atoms with E-state index < -0.39 is 22.8 Å². The smallest absolute Gasteiger partial charge is 0.328 e. The summed E-state index contributed by atoms with van der Waals surface area (Å²) in [4.78, 5) is 25.0. The molecule has 0 amide bonds. The van der Waals surface area contributed by atoms with E-state index in [0.29, 0.717) is 11.1 Å². The summed E-state index contributed by atoms with van der Waals surface area (Å²) in [6.07, 6.45) is 1.65. The van der Waals surface area contributed by atoms with Gasteiger partial charge in [0.15, 0.2) is 11.6 Å². The van der Waals surface area contributed by atoms with E-state index >= 15 is 0 Å². The van der Waals surface area contributed by atoms with Gasteiger partial charge in [-0.3, -0.25) is 14.3 Å². The molecule has 5 nitrogen and oxygen atoms in total. The number of aromatic nitrogens is 2. The molecule has 1 heterocycles. The van der Waals surface area contributed by atoms with Crippen LogP contribution in [0.1, 0.15) is 11.1 Å². The average Bonchev–Trinajstić information content (AvgIpc) is 2.40. The van der Waals surface area contributed by atoms with Crippen molar-refractivity contribution >= 4 is 15.9 Å². The fraction of sp³-hybridized carbons (Fsp3) is 0.231. The lowest BCUT2D eigenvalue weighted by Crippen LogP contribution is -2.31. The van der Waals surface area contributed by atoms with Crippen molar-refractivity contribution in [3.05, 3.63) is 60.6 Å². The Morgan fingerprint density at radius 2 is 2.10 bits per heavy atom. The van der Waals surface area contributed by atoms with Gasteiger partial charge in [-0.2, -0.15) is 0 Å². The Hall–Kier alpha value is -1.89. The van der Waals surface area contributed by atoms with Crippen molar-refractivity contribution in [3.8, 4) is 5.75 Å². The van der Waals surface area contributed by atoms with Crippen LogP contribution in [0.5, 0.6) is 5.75 Å². The maximum Gasteiger partial charge on any atom is 0.328 e. The third-order valence-corrected chi connectivity index (χ3v) is 3.60. The fourth-order valence-corrected chi connectivity index (χ4v) is 2.11. The summed E-state index contributed by atoms with van der Waals surface area (Å²) in [5, 5.41) is 9.48. The van der Waals surface area contributed by atoms with Crippen molar-refractivity contribution in [2.75, 3.05) is 0 Å². The number of nitrogens with zero attached hydrogens (tertiary/aromatic N) is 1. The SMILES string of the molecule is Cc1cn(CCc2ccc(Br)c(O)c2F)c(=O)[nH]c1=O. The summed E-state index contributed by atoms with van der Waals surface area (Å²) in [5.74, 6) is -1.17. The molecule has 0 aliphatic heterocycles. The minimum Gasteiger partial charge on any atom is -0.504 e. The van der Waals surface area contributed by atoms with Gasteiger partial charge in [-0.15, -0.1) is 0 Å². The summed E-state index contributed by atoms with van der Waals surface area (Å²) in [7, 11) is 0. The first-order valence-electron chi connectivity index (χ1n) is 5.86. The van der Waals surface area contributed by atoms with Gasteiger partial charge in [-0.25, -0.2) is 9.18 Å². The molecule has 20 heavy (non-hydrogen) atoms. The average molecular weight is 343 g/mol. The van der Waals surface area contributed by atoms with Crippen molar-refractivity contribution in [3.63, 3.8) is 0 Å². The molecule has 7 heteroatoms. The van der Waals surface area contributed by atoms with E-state index in [4.69, 9.17) is 0 Å². The van der Waals surface area contributed by atoms with Gasteiger partial charge < -0.3 is 5.11 Å². The van der Waals surface area contributed by atoms with Crippen LogP contribution in [0.2, 0.25) is 0 Å². The molecule has 2 rings (SSSR count). The molecule has 0 saturated carbocycles. The summed E-state index contributed by atoms with van der Waals surface area (Å²) in [5.41, 5.74) is -0.272. The van der Waals surface area contributed by atoms with Gasteiger partial charge in [-0.05, 0) is 40.9 Å². The molecule has 0 bridgehead atoms. The summed E-state index contributed by atoms with van der Waals surface area (Å²) in [6, 6.07) is 3.07. The lowest BCUT2D eigenvalue weighted by atomic mass is 10.1. The number of aromatic hydroxyl groups is 1. The Labute approximate surface area is 121 Å². The molecule has 1 aromatic carbocycles. The van der Waals surface area contributed by atoms with Gasteiger partial charge in [0.05, 0.1) is 4.47 Å². The number of benzene rings is 1. The van der Waals surface area contributed by atoms with Crippen molar-refractivity contribution in [1.82, 2.24) is 9.55 Å². The molecule has 0 unspecified atom stereocenters. The van der Waals surface area contributed by atoms with Crippen molar-refractivity contribution in [1.29, 1.82) is 0 Å². The molecule has 0 fully saturated rings. The van der Waals surface area contributed by atoms with Crippen molar-refractivity contribution in [2.45, 2.75) is 19.9 Å². The zero-order valence-corrected chi connectivity index (χ0v) is 12.2. The predicted octanol–water partition coefficient (Wildman–Crippen LogP) is 1.69. The van der Waals surface area contributed by atoms with Crippen LogP contribution in [0.4, 0.5) is 4.39 Å². The standard InChI is InChI=1S/C13H12BrFN2O3/c1-7-6-17(13(20)16-12(7)19)5-4-8-2-3-9(14)11(18)10(8)15/h2-3,6,18H,4-5H2,1H3,(H,16,19,20). The molecule has 0 radical (unpaired) electrons. The van der Waals surface area contributed by atoms with Gasteiger partial charge >= 0.3 is 5.69 Å². The highest BCUT2D eigenvalue weighted by Gasteiger charge is 2.11. The number of rotatable bonds is 3. The van der Waals surface area contributed by atoms with Crippen LogP contribution in [0.3, 0.4) is 0 Å². The number of phenols is 1. The van der Waals surface area contributed by atoms with Crippen LogP contribution < -0.4 is 11.2 Å². The van der Waals surface area contributed by atoms with E-state index in [0.717, 1.165) is 0 Å². The zero-order valence-electron chi connectivity index (χ0n) is 10.6. The van der Waals surface area contributed by atoms with Crippen LogP contribution in [0.15, 0.2) is 32.4 Å². The molecular weight excluding hydrogens is 331 g/mol. The lowest BCUT2D eigenvalue weighted by Gasteiger charge is -2.08. The Bertz CT molecular complexity index is 767. The number of halogens is 2. The first-order chi connectivity index (χ1) is 9.40. The molecular formula is C13H12BrFN2O3. The second-order valence-electron chi connectivity index (χ2n) is 4.38. The molecule has 0 saturated heterocycles. The third kappa shape index (κ3) is 2.82. The van der Waals surface area contributed by atoms with Crippen molar-refractivity contribution < 1.29 is 9.50 Å². The molecule has 2 N–H and O–H groups in total. The zero-order chi connectivity index (χ0) is 14.9. The molecule has 0 atom stereocenters. The molecule has 1 aromatic heterocycles. The lowest BCUT2D eigenvalue weighted by molar-refractivity contribution is 0.424. The number of nitrogens with one attached hydrogen (secondary N) is 1. The number of phenolic OH excluding ortho intramolecular Hbond substituents is 1. The molecule has 0 aliphatic carbocycles. The number of hydrogen-bond donors (Lipinski definition) is 2.